The lowest BCUT2D eigenvalue weighted by molar-refractivity contribution is -0.192. The fourth-order valence-electron chi connectivity index (χ4n) is 4.34. The minimum Gasteiger partial charge on any atom is -0.493 e. The molecule has 0 saturated carbocycles. The van der Waals surface area contributed by atoms with Crippen molar-refractivity contribution >= 4 is 29.3 Å². The third-order valence-electron chi connectivity index (χ3n) is 6.30. The summed E-state index contributed by atoms with van der Waals surface area (Å²) in [7, 11) is 3.08. The number of nitrogen functional groups attached to an aromatic ring is 1. The lowest BCUT2D eigenvalue weighted by Gasteiger charge is -2.25. The van der Waals surface area contributed by atoms with E-state index in [1.165, 1.54) is 12.0 Å². The smallest absolute Gasteiger partial charge is 0.490 e. The maximum absolute atomic E-state index is 12.7. The van der Waals surface area contributed by atoms with Gasteiger partial charge in [0, 0.05) is 36.7 Å². The highest BCUT2D eigenvalue weighted by molar-refractivity contribution is 6.21. The number of aromatic nitrogens is 1. The highest BCUT2D eigenvalue weighted by Crippen LogP contribution is 2.45. The van der Waals surface area contributed by atoms with Crippen LogP contribution in [0.15, 0.2) is 36.4 Å². The number of amides is 2. The summed E-state index contributed by atoms with van der Waals surface area (Å²) < 4.78 is 48.5. The van der Waals surface area contributed by atoms with Gasteiger partial charge in [-0.2, -0.15) is 23.4 Å². The number of carbonyl (C=O) groups is 3. The molecule has 2 aliphatic rings. The predicted molar refractivity (Wildman–Crippen MR) is 140 cm³/mol. The molecule has 0 spiro atoms. The molecule has 42 heavy (non-hydrogen) atoms. The van der Waals surface area contributed by atoms with Gasteiger partial charge in [0.15, 0.2) is 11.5 Å². The number of pyridine rings is 1. The average molecular weight is 585 g/mol. The van der Waals surface area contributed by atoms with E-state index in [-0.39, 0.29) is 42.2 Å². The summed E-state index contributed by atoms with van der Waals surface area (Å²) in [4.78, 5) is 39.7. The fourth-order valence-corrected chi connectivity index (χ4v) is 4.34. The van der Waals surface area contributed by atoms with Crippen LogP contribution in [0.3, 0.4) is 0 Å². The Hall–Kier alpha value is -5.52. The van der Waals surface area contributed by atoms with Crippen molar-refractivity contribution in [3.63, 3.8) is 0 Å². The number of nitriles is 1. The number of nitrogens with two attached hydrogens (primary N) is 1. The first-order chi connectivity index (χ1) is 19.9. The van der Waals surface area contributed by atoms with Crippen molar-refractivity contribution in [2.24, 2.45) is 0 Å². The minimum absolute atomic E-state index is 0.0124. The fraction of sp³-hybridized carbons (Fsp3) is 0.222. The summed E-state index contributed by atoms with van der Waals surface area (Å²) in [6.07, 6.45) is -4.69. The number of nitrogens with one attached hydrogen (secondary N) is 1. The van der Waals surface area contributed by atoms with Crippen molar-refractivity contribution < 1.29 is 46.9 Å². The van der Waals surface area contributed by atoms with Crippen LogP contribution in [0.5, 0.6) is 23.1 Å². The third kappa shape index (κ3) is 5.55. The van der Waals surface area contributed by atoms with Gasteiger partial charge in [0.1, 0.15) is 23.2 Å². The summed E-state index contributed by atoms with van der Waals surface area (Å²) in [5.41, 5.74) is 8.89. The zero-order chi connectivity index (χ0) is 30.8. The highest BCUT2D eigenvalue weighted by atomic mass is 19.4. The molecule has 2 amide bonds. The number of benzene rings is 2. The maximum Gasteiger partial charge on any atom is 0.490 e. The van der Waals surface area contributed by atoms with E-state index in [2.05, 4.69) is 16.4 Å². The van der Waals surface area contributed by atoms with E-state index < -0.39 is 12.1 Å². The summed E-state index contributed by atoms with van der Waals surface area (Å²) in [5.74, 6) is -1.57. The molecule has 2 aliphatic heterocycles. The summed E-state index contributed by atoms with van der Waals surface area (Å²) in [6, 6.07) is 12.3. The van der Waals surface area contributed by atoms with Gasteiger partial charge in [-0.05, 0) is 18.2 Å². The number of carboxylic acid groups (broad SMARTS) is 1. The number of methoxy groups -OCH3 is 2. The minimum atomic E-state index is -5.08. The molecule has 4 N–H and O–H groups in total. The average Bonchev–Trinajstić information content (AvgIpc) is 3.20. The number of rotatable bonds is 6. The molecule has 3 aromatic rings. The number of aliphatic carboxylic acids is 1. The second-order valence-electron chi connectivity index (χ2n) is 8.77. The van der Waals surface area contributed by atoms with Crippen molar-refractivity contribution in [2.45, 2.75) is 12.6 Å². The van der Waals surface area contributed by atoms with Gasteiger partial charge >= 0.3 is 12.1 Å². The molecule has 0 unspecified atom stereocenters. The maximum atomic E-state index is 12.7. The summed E-state index contributed by atoms with van der Waals surface area (Å²) >= 11 is 0. The van der Waals surface area contributed by atoms with E-state index >= 15 is 0 Å². The van der Waals surface area contributed by atoms with E-state index in [0.717, 1.165) is 5.56 Å². The number of hydrogen-bond donors (Lipinski definition) is 3. The standard InChI is InChI=1S/C25H21N5O5.C2HF3O2/c1-33-19-10-13-9-16-21(17(12-26)22(27)29-23(16)35-18(13)11-20(19)34-2)28-7-8-30-24(31)14-5-3-4-6-15(14)25(30)32;3-2(4,5)1(6)7/h3-6,10-11H,7-9H2,1-2H3,(H3,27,28,29);(H,6,7). The second kappa shape index (κ2) is 11.5. The molecule has 0 radical (unpaired) electrons. The number of halogens is 3. The zero-order valence-electron chi connectivity index (χ0n) is 22.0. The number of nitrogens with zero attached hydrogens (tertiary/aromatic N) is 3. The monoisotopic (exact) mass is 585 g/mol. The van der Waals surface area contributed by atoms with Gasteiger partial charge in [0.05, 0.1) is 31.0 Å². The first kappa shape index (κ1) is 29.5. The number of hydrogen-bond acceptors (Lipinski definition) is 10. The van der Waals surface area contributed by atoms with Crippen molar-refractivity contribution in [3.05, 3.63) is 64.2 Å². The van der Waals surface area contributed by atoms with Gasteiger partial charge in [0.25, 0.3) is 11.8 Å². The van der Waals surface area contributed by atoms with Gasteiger partial charge in [-0.1, -0.05) is 12.1 Å². The lowest BCUT2D eigenvalue weighted by Crippen LogP contribution is -2.34. The number of alkyl halides is 3. The molecule has 2 aromatic carbocycles. The number of carbonyl (C=O) groups excluding carboxylic acids is 2. The largest absolute Gasteiger partial charge is 0.493 e. The van der Waals surface area contributed by atoms with Gasteiger partial charge in [-0.15, -0.1) is 0 Å². The molecule has 0 saturated heterocycles. The number of fused-ring (bicyclic) bond motifs is 3. The van der Waals surface area contributed by atoms with Crippen molar-refractivity contribution in [1.82, 2.24) is 9.88 Å². The number of anilines is 2. The normalized spacial score (nSPS) is 13.0. The van der Waals surface area contributed by atoms with Crippen LogP contribution < -0.4 is 25.3 Å². The SMILES string of the molecule is COc1cc2c(cc1OC)Oc1nc(N)c(C#N)c(NCCN3C(=O)c4ccccc4C3=O)c1C2.O=C(O)C(F)(F)F. The van der Waals surface area contributed by atoms with Crippen molar-refractivity contribution in [1.29, 1.82) is 5.26 Å². The molecule has 0 bridgehead atoms. The van der Waals surface area contributed by atoms with Crippen LogP contribution in [0.4, 0.5) is 24.7 Å². The molecular formula is C27H22F3N5O7. The molecule has 3 heterocycles. The van der Waals surface area contributed by atoms with Crippen LogP contribution in [0.25, 0.3) is 0 Å². The Bertz CT molecular complexity index is 1600. The van der Waals surface area contributed by atoms with E-state index in [4.69, 9.17) is 29.8 Å². The lowest BCUT2D eigenvalue weighted by atomic mass is 9.98. The molecule has 1 aromatic heterocycles. The number of carboxylic acids is 1. The Labute approximate surface area is 236 Å². The van der Waals surface area contributed by atoms with E-state index in [0.29, 0.717) is 46.0 Å². The highest BCUT2D eigenvalue weighted by Gasteiger charge is 2.38. The molecule has 12 nitrogen and oxygen atoms in total. The quantitative estimate of drug-likeness (QED) is 0.282. The zero-order valence-corrected chi connectivity index (χ0v) is 22.0. The first-order valence-corrected chi connectivity index (χ1v) is 12.1. The first-order valence-electron chi connectivity index (χ1n) is 12.1. The Balaban J connectivity index is 0.000000517. The second-order valence-corrected chi connectivity index (χ2v) is 8.77. The van der Waals surface area contributed by atoms with Crippen LogP contribution in [0, 0.1) is 11.3 Å². The third-order valence-corrected chi connectivity index (χ3v) is 6.30. The Morgan fingerprint density at radius 1 is 1.17 bits per heavy atom. The molecule has 218 valence electrons. The molecule has 0 aliphatic carbocycles. The van der Waals surface area contributed by atoms with Crippen LogP contribution in [-0.4, -0.2) is 66.3 Å². The van der Waals surface area contributed by atoms with Crippen LogP contribution in [0.1, 0.15) is 37.4 Å². The van der Waals surface area contributed by atoms with E-state index in [9.17, 15) is 28.0 Å². The number of ether oxygens (including phenoxy) is 3. The Morgan fingerprint density at radius 3 is 2.26 bits per heavy atom. The van der Waals surface area contributed by atoms with Crippen LogP contribution in [0.2, 0.25) is 0 Å². The van der Waals surface area contributed by atoms with Crippen molar-refractivity contribution in [3.8, 4) is 29.2 Å². The number of imide groups is 1. The van der Waals surface area contributed by atoms with Crippen LogP contribution >= 0.6 is 0 Å². The topological polar surface area (TPSA) is 177 Å². The Kier molecular flexibility index (Phi) is 8.09. The molecule has 0 fully saturated rings. The molecule has 5 rings (SSSR count). The van der Waals surface area contributed by atoms with E-state index in [1.807, 2.05) is 6.07 Å². The van der Waals surface area contributed by atoms with Gasteiger partial charge in [0.2, 0.25) is 5.88 Å². The molecule has 15 heteroatoms. The van der Waals surface area contributed by atoms with Crippen LogP contribution in [-0.2, 0) is 11.2 Å². The van der Waals surface area contributed by atoms with Gasteiger partial charge in [-0.3, -0.25) is 14.5 Å². The Morgan fingerprint density at radius 2 is 1.74 bits per heavy atom. The van der Waals surface area contributed by atoms with Crippen molar-refractivity contribution in [2.75, 3.05) is 38.4 Å². The van der Waals surface area contributed by atoms with E-state index in [1.54, 1.807) is 37.4 Å². The molecular weight excluding hydrogens is 563 g/mol. The summed E-state index contributed by atoms with van der Waals surface area (Å²) in [6.45, 7) is 0.311. The summed E-state index contributed by atoms with van der Waals surface area (Å²) in [5, 5.41) is 20.1. The molecule has 0 atom stereocenters. The van der Waals surface area contributed by atoms with Gasteiger partial charge < -0.3 is 30.4 Å². The predicted octanol–water partition coefficient (Wildman–Crippen LogP) is 3.59. The van der Waals surface area contributed by atoms with Gasteiger partial charge in [-0.25, -0.2) is 4.79 Å².